The van der Waals surface area contributed by atoms with Crippen molar-refractivity contribution in [2.75, 3.05) is 33.1 Å². The quantitative estimate of drug-likeness (QED) is 0.591. The van der Waals surface area contributed by atoms with Gasteiger partial charge in [0.2, 0.25) is 0 Å². The van der Waals surface area contributed by atoms with Crippen LogP contribution in [0.2, 0.25) is 0 Å². The smallest absolute Gasteiger partial charge is 0.337 e. The van der Waals surface area contributed by atoms with Crippen LogP contribution in [0.4, 0.5) is 5.69 Å². The Morgan fingerprint density at radius 3 is 2.43 bits per heavy atom. The Morgan fingerprint density at radius 2 is 1.70 bits per heavy atom. The van der Waals surface area contributed by atoms with Gasteiger partial charge in [0.15, 0.2) is 6.54 Å². The van der Waals surface area contributed by atoms with E-state index in [0.717, 1.165) is 39.1 Å². The summed E-state index contributed by atoms with van der Waals surface area (Å²) >= 11 is 0. The lowest BCUT2D eigenvalue weighted by molar-refractivity contribution is -0.885. The van der Waals surface area contributed by atoms with E-state index < -0.39 is 5.97 Å². The normalized spacial score (nSPS) is 11.7. The molecule has 3 aromatic carbocycles. The molecule has 6 nitrogen and oxygen atoms in total. The van der Waals surface area contributed by atoms with Crippen LogP contribution in [-0.4, -0.2) is 39.7 Å². The summed E-state index contributed by atoms with van der Waals surface area (Å²) in [6.45, 7) is 2.91. The number of ether oxygens (including phenoxy) is 2. The molecule has 0 spiro atoms. The van der Waals surface area contributed by atoms with Gasteiger partial charge in [-0.2, -0.15) is 0 Å². The van der Waals surface area contributed by atoms with Gasteiger partial charge in [0.1, 0.15) is 12.3 Å². The standard InChI is InChI=1S/C24H26N2O4/c1-16-5-7-20(24(28)30-4)13-22(16)25-23(27)15-26(2)14-17-6-8-19-12-21(29-3)10-9-18(19)11-17/h5-13H,14-15H2,1-4H3,(H,25,27)/p+1. The number of hydrogen-bond donors (Lipinski definition) is 2. The zero-order valence-electron chi connectivity index (χ0n) is 17.7. The van der Waals surface area contributed by atoms with E-state index in [2.05, 4.69) is 23.5 Å². The molecular weight excluding hydrogens is 380 g/mol. The number of likely N-dealkylation sites (N-methyl/N-ethyl adjacent to an activating group) is 1. The van der Waals surface area contributed by atoms with Crippen molar-refractivity contribution in [3.8, 4) is 5.75 Å². The third-order valence-electron chi connectivity index (χ3n) is 5.01. The maximum Gasteiger partial charge on any atom is 0.337 e. The molecule has 0 aromatic heterocycles. The molecule has 156 valence electrons. The molecule has 0 aliphatic carbocycles. The summed E-state index contributed by atoms with van der Waals surface area (Å²) in [6.07, 6.45) is 0. The first-order valence-corrected chi connectivity index (χ1v) is 9.76. The van der Waals surface area contributed by atoms with E-state index in [1.165, 1.54) is 7.11 Å². The number of amides is 1. The number of benzene rings is 3. The topological polar surface area (TPSA) is 69.1 Å². The van der Waals surface area contributed by atoms with Crippen LogP contribution < -0.4 is 15.0 Å². The highest BCUT2D eigenvalue weighted by atomic mass is 16.5. The van der Waals surface area contributed by atoms with E-state index in [9.17, 15) is 9.59 Å². The van der Waals surface area contributed by atoms with Crippen molar-refractivity contribution in [1.29, 1.82) is 0 Å². The maximum absolute atomic E-state index is 12.5. The number of esters is 1. The lowest BCUT2D eigenvalue weighted by atomic mass is 10.1. The summed E-state index contributed by atoms with van der Waals surface area (Å²) in [7, 11) is 4.98. The van der Waals surface area contributed by atoms with Crippen molar-refractivity contribution in [3.05, 3.63) is 71.3 Å². The van der Waals surface area contributed by atoms with Gasteiger partial charge in [-0.1, -0.05) is 24.3 Å². The van der Waals surface area contributed by atoms with Gasteiger partial charge in [0.25, 0.3) is 5.91 Å². The fraction of sp³-hybridized carbons (Fsp3) is 0.250. The van der Waals surface area contributed by atoms with E-state index in [1.807, 2.05) is 32.2 Å². The molecule has 0 aliphatic rings. The fourth-order valence-corrected chi connectivity index (χ4v) is 3.39. The van der Waals surface area contributed by atoms with Crippen LogP contribution in [0, 0.1) is 6.92 Å². The highest BCUT2D eigenvalue weighted by Gasteiger charge is 2.14. The van der Waals surface area contributed by atoms with Gasteiger partial charge in [-0.25, -0.2) is 4.79 Å². The number of hydrogen-bond acceptors (Lipinski definition) is 4. The lowest BCUT2D eigenvalue weighted by Gasteiger charge is -2.15. The third-order valence-corrected chi connectivity index (χ3v) is 5.01. The summed E-state index contributed by atoms with van der Waals surface area (Å²) in [5.74, 6) is 0.298. The second kappa shape index (κ2) is 9.41. The summed E-state index contributed by atoms with van der Waals surface area (Å²) in [4.78, 5) is 25.3. The minimum Gasteiger partial charge on any atom is -0.497 e. The van der Waals surface area contributed by atoms with Gasteiger partial charge < -0.3 is 19.7 Å². The Hall–Kier alpha value is -3.38. The molecule has 1 atom stereocenters. The van der Waals surface area contributed by atoms with Gasteiger partial charge in [-0.3, -0.25) is 4.79 Å². The number of rotatable bonds is 7. The maximum atomic E-state index is 12.5. The SMILES string of the molecule is COC(=O)c1ccc(C)c(NC(=O)C[NH+](C)Cc2ccc3cc(OC)ccc3c2)c1. The molecule has 0 saturated carbocycles. The molecule has 0 saturated heterocycles. The molecular formula is C24H27N2O4+. The van der Waals surface area contributed by atoms with Crippen LogP contribution in [0.3, 0.4) is 0 Å². The summed E-state index contributed by atoms with van der Waals surface area (Å²) in [5, 5.41) is 5.17. The summed E-state index contributed by atoms with van der Waals surface area (Å²) < 4.78 is 10.0. The second-order valence-corrected chi connectivity index (χ2v) is 7.43. The van der Waals surface area contributed by atoms with Crippen molar-refractivity contribution in [1.82, 2.24) is 0 Å². The monoisotopic (exact) mass is 407 g/mol. The number of aryl methyl sites for hydroxylation is 1. The first kappa shape index (κ1) is 21.3. The van der Waals surface area contributed by atoms with Crippen molar-refractivity contribution < 1.29 is 24.0 Å². The van der Waals surface area contributed by atoms with Crippen LogP contribution in [-0.2, 0) is 16.1 Å². The number of fused-ring (bicyclic) bond motifs is 1. The predicted octanol–water partition coefficient (Wildman–Crippen LogP) is 2.60. The zero-order valence-corrected chi connectivity index (χ0v) is 17.7. The molecule has 0 bridgehead atoms. The van der Waals surface area contributed by atoms with Gasteiger partial charge in [0.05, 0.1) is 26.8 Å². The zero-order chi connectivity index (χ0) is 21.7. The van der Waals surface area contributed by atoms with Crippen molar-refractivity contribution in [2.24, 2.45) is 0 Å². The molecule has 1 amide bonds. The van der Waals surface area contributed by atoms with Crippen LogP contribution in [0.1, 0.15) is 21.5 Å². The Labute approximate surface area is 176 Å². The molecule has 3 aromatic rings. The number of quaternary nitrogens is 1. The second-order valence-electron chi connectivity index (χ2n) is 7.43. The van der Waals surface area contributed by atoms with Gasteiger partial charge in [0, 0.05) is 11.3 Å². The summed E-state index contributed by atoms with van der Waals surface area (Å²) in [5.41, 5.74) is 3.07. The Bertz CT molecular complexity index is 1080. The Balaban J connectivity index is 1.63. The van der Waals surface area contributed by atoms with E-state index >= 15 is 0 Å². The largest absolute Gasteiger partial charge is 0.497 e. The molecule has 0 aliphatic heterocycles. The van der Waals surface area contributed by atoms with Crippen LogP contribution >= 0.6 is 0 Å². The lowest BCUT2D eigenvalue weighted by Crippen LogP contribution is -3.08. The fourth-order valence-electron chi connectivity index (χ4n) is 3.39. The Morgan fingerprint density at radius 1 is 0.967 bits per heavy atom. The minimum absolute atomic E-state index is 0.108. The molecule has 30 heavy (non-hydrogen) atoms. The number of carbonyl (C=O) groups is 2. The number of methoxy groups -OCH3 is 2. The molecule has 2 N–H and O–H groups in total. The molecule has 0 heterocycles. The molecule has 0 radical (unpaired) electrons. The summed E-state index contributed by atoms with van der Waals surface area (Å²) in [6, 6.07) is 17.4. The van der Waals surface area contributed by atoms with E-state index in [4.69, 9.17) is 9.47 Å². The number of carbonyl (C=O) groups excluding carboxylic acids is 2. The van der Waals surface area contributed by atoms with Crippen LogP contribution in [0.5, 0.6) is 5.75 Å². The van der Waals surface area contributed by atoms with Gasteiger partial charge in [-0.05, 0) is 53.6 Å². The van der Waals surface area contributed by atoms with Crippen molar-refractivity contribution in [3.63, 3.8) is 0 Å². The first-order valence-electron chi connectivity index (χ1n) is 9.76. The van der Waals surface area contributed by atoms with Crippen molar-refractivity contribution >= 4 is 28.3 Å². The third kappa shape index (κ3) is 5.15. The molecule has 1 unspecified atom stereocenters. The van der Waals surface area contributed by atoms with Crippen LogP contribution in [0.15, 0.2) is 54.6 Å². The predicted molar refractivity (Wildman–Crippen MR) is 117 cm³/mol. The molecule has 6 heteroatoms. The Kier molecular flexibility index (Phi) is 6.69. The highest BCUT2D eigenvalue weighted by Crippen LogP contribution is 2.21. The van der Waals surface area contributed by atoms with Crippen molar-refractivity contribution in [2.45, 2.75) is 13.5 Å². The number of nitrogens with one attached hydrogen (secondary N) is 2. The molecule has 3 rings (SSSR count). The van der Waals surface area contributed by atoms with E-state index in [-0.39, 0.29) is 5.91 Å². The van der Waals surface area contributed by atoms with E-state index in [0.29, 0.717) is 17.8 Å². The van der Waals surface area contributed by atoms with E-state index in [1.54, 1.807) is 25.3 Å². The van der Waals surface area contributed by atoms with Gasteiger partial charge >= 0.3 is 5.97 Å². The number of anilines is 1. The average molecular weight is 407 g/mol. The van der Waals surface area contributed by atoms with Crippen LogP contribution in [0.25, 0.3) is 10.8 Å². The minimum atomic E-state index is -0.429. The van der Waals surface area contributed by atoms with Gasteiger partial charge in [-0.15, -0.1) is 0 Å². The average Bonchev–Trinajstić information content (AvgIpc) is 2.74. The first-order chi connectivity index (χ1) is 14.4. The highest BCUT2D eigenvalue weighted by molar-refractivity contribution is 5.95. The molecule has 0 fully saturated rings.